The molecule has 0 unspecified atom stereocenters. The molecule has 0 saturated heterocycles. The fourth-order valence-corrected chi connectivity index (χ4v) is 2.67. The summed E-state index contributed by atoms with van der Waals surface area (Å²) < 4.78 is 23.5. The number of nitrogens with zero attached hydrogens (tertiary/aromatic N) is 2. The van der Waals surface area contributed by atoms with Crippen LogP contribution < -0.4 is 10.1 Å². The van der Waals surface area contributed by atoms with Crippen LogP contribution in [0.1, 0.15) is 16.2 Å². The first-order chi connectivity index (χ1) is 11.1. The molecule has 1 amide bonds. The van der Waals surface area contributed by atoms with Crippen molar-refractivity contribution in [2.75, 3.05) is 12.4 Å². The van der Waals surface area contributed by atoms with Crippen LogP contribution in [0.4, 0.5) is 9.52 Å². The average molecular weight is 333 g/mol. The molecule has 0 aliphatic rings. The zero-order valence-electron chi connectivity index (χ0n) is 12.3. The number of methoxy groups -OCH3 is 1. The minimum atomic E-state index is -0.447. The zero-order chi connectivity index (χ0) is 16.4. The lowest BCUT2D eigenvalue weighted by Gasteiger charge is -2.05. The van der Waals surface area contributed by atoms with Gasteiger partial charge in [-0.25, -0.2) is 9.37 Å². The number of rotatable bonds is 4. The first-order valence-corrected chi connectivity index (χ1v) is 7.49. The summed E-state index contributed by atoms with van der Waals surface area (Å²) in [6.45, 7) is 1.72. The van der Waals surface area contributed by atoms with Crippen LogP contribution in [-0.2, 0) is 0 Å². The number of hydrogen-bond donors (Lipinski definition) is 1. The molecular formula is C15H12FN3O3S. The molecule has 1 aromatic carbocycles. The van der Waals surface area contributed by atoms with Crippen LogP contribution in [-0.4, -0.2) is 23.2 Å². The summed E-state index contributed by atoms with van der Waals surface area (Å²) >= 11 is 1.22. The molecule has 3 rings (SSSR count). The minimum Gasteiger partial charge on any atom is -0.496 e. The molecular weight excluding hydrogens is 321 g/mol. The van der Waals surface area contributed by atoms with Gasteiger partial charge in [0.2, 0.25) is 5.76 Å². The van der Waals surface area contributed by atoms with E-state index in [2.05, 4.69) is 15.5 Å². The van der Waals surface area contributed by atoms with Crippen molar-refractivity contribution in [3.63, 3.8) is 0 Å². The highest BCUT2D eigenvalue weighted by Gasteiger charge is 2.15. The maximum Gasteiger partial charge on any atom is 0.296 e. The van der Waals surface area contributed by atoms with Crippen LogP contribution in [0.5, 0.6) is 5.75 Å². The highest BCUT2D eigenvalue weighted by atomic mass is 32.1. The van der Waals surface area contributed by atoms with E-state index in [9.17, 15) is 9.18 Å². The number of aryl methyl sites for hydroxylation is 1. The minimum absolute atomic E-state index is 0.0996. The van der Waals surface area contributed by atoms with E-state index in [1.54, 1.807) is 12.3 Å². The molecule has 1 N–H and O–H groups in total. The molecule has 0 aliphatic carbocycles. The van der Waals surface area contributed by atoms with Crippen LogP contribution in [0.25, 0.3) is 11.3 Å². The number of halogens is 1. The Morgan fingerprint density at radius 3 is 2.91 bits per heavy atom. The zero-order valence-corrected chi connectivity index (χ0v) is 13.1. The molecule has 118 valence electrons. The van der Waals surface area contributed by atoms with E-state index in [0.717, 1.165) is 0 Å². The Labute approximate surface area is 134 Å². The number of thiazole rings is 1. The Balaban J connectivity index is 1.83. The number of carbonyl (C=O) groups excluding carboxylic acids is 1. The van der Waals surface area contributed by atoms with Crippen molar-refractivity contribution in [1.82, 2.24) is 10.1 Å². The number of nitrogens with one attached hydrogen (secondary N) is 1. The number of hydrogen-bond acceptors (Lipinski definition) is 6. The summed E-state index contributed by atoms with van der Waals surface area (Å²) in [7, 11) is 1.50. The third kappa shape index (κ3) is 3.21. The number of aromatic nitrogens is 2. The van der Waals surface area contributed by atoms with E-state index < -0.39 is 11.7 Å². The maximum atomic E-state index is 13.4. The van der Waals surface area contributed by atoms with Gasteiger partial charge < -0.3 is 9.26 Å². The molecule has 2 heterocycles. The van der Waals surface area contributed by atoms with E-state index in [1.807, 2.05) is 0 Å². The van der Waals surface area contributed by atoms with Gasteiger partial charge in [0.25, 0.3) is 5.91 Å². The lowest BCUT2D eigenvalue weighted by atomic mass is 10.1. The SMILES string of the molecule is COc1ccc(F)cc1-c1csc(NC(=O)c2cc(C)no2)n1. The monoisotopic (exact) mass is 333 g/mol. The Kier molecular flexibility index (Phi) is 4.07. The second-order valence-electron chi connectivity index (χ2n) is 4.67. The van der Waals surface area contributed by atoms with Gasteiger partial charge in [-0.1, -0.05) is 5.16 Å². The molecule has 0 spiro atoms. The molecule has 0 saturated carbocycles. The second-order valence-corrected chi connectivity index (χ2v) is 5.53. The van der Waals surface area contributed by atoms with Crippen molar-refractivity contribution in [1.29, 1.82) is 0 Å². The quantitative estimate of drug-likeness (QED) is 0.790. The number of benzene rings is 1. The van der Waals surface area contributed by atoms with E-state index in [1.165, 1.54) is 42.7 Å². The molecule has 0 bridgehead atoms. The topological polar surface area (TPSA) is 77.2 Å². The van der Waals surface area contributed by atoms with Crippen molar-refractivity contribution < 1.29 is 18.4 Å². The van der Waals surface area contributed by atoms with Crippen LogP contribution >= 0.6 is 11.3 Å². The first-order valence-electron chi connectivity index (χ1n) is 6.61. The fourth-order valence-electron chi connectivity index (χ4n) is 1.96. The molecule has 23 heavy (non-hydrogen) atoms. The maximum absolute atomic E-state index is 13.4. The summed E-state index contributed by atoms with van der Waals surface area (Å²) in [5, 5.41) is 8.34. The summed E-state index contributed by atoms with van der Waals surface area (Å²) in [5.74, 6) is -0.239. The molecule has 8 heteroatoms. The highest BCUT2D eigenvalue weighted by molar-refractivity contribution is 7.14. The van der Waals surface area contributed by atoms with E-state index in [-0.39, 0.29) is 5.76 Å². The van der Waals surface area contributed by atoms with Crippen LogP contribution in [0.2, 0.25) is 0 Å². The molecule has 3 aromatic rings. The molecule has 0 atom stereocenters. The summed E-state index contributed by atoms with van der Waals surface area (Å²) in [6, 6.07) is 5.70. The van der Waals surface area contributed by atoms with Crippen LogP contribution in [0.15, 0.2) is 34.2 Å². The molecule has 0 aliphatic heterocycles. The third-order valence-electron chi connectivity index (χ3n) is 3.01. The fraction of sp³-hybridized carbons (Fsp3) is 0.133. The van der Waals surface area contributed by atoms with Gasteiger partial charge in [-0.05, 0) is 25.1 Å². The van der Waals surface area contributed by atoms with Gasteiger partial charge in [-0.3, -0.25) is 10.1 Å². The number of amides is 1. The normalized spacial score (nSPS) is 10.6. The Bertz CT molecular complexity index is 859. The van der Waals surface area contributed by atoms with Gasteiger partial charge in [-0.15, -0.1) is 11.3 Å². The van der Waals surface area contributed by atoms with Crippen LogP contribution in [0, 0.1) is 12.7 Å². The first kappa shape index (κ1) is 15.2. The number of carbonyl (C=O) groups is 1. The van der Waals surface area contributed by atoms with E-state index in [4.69, 9.17) is 9.26 Å². The van der Waals surface area contributed by atoms with E-state index >= 15 is 0 Å². The molecule has 0 radical (unpaired) electrons. The lowest BCUT2D eigenvalue weighted by Crippen LogP contribution is -2.10. The summed E-state index contributed by atoms with van der Waals surface area (Å²) in [4.78, 5) is 16.3. The van der Waals surface area contributed by atoms with Crippen molar-refractivity contribution in [2.45, 2.75) is 6.92 Å². The summed E-state index contributed by atoms with van der Waals surface area (Å²) in [6.07, 6.45) is 0. The second kappa shape index (κ2) is 6.17. The molecule has 0 fully saturated rings. The van der Waals surface area contributed by atoms with Gasteiger partial charge >= 0.3 is 0 Å². The van der Waals surface area contributed by atoms with Gasteiger partial charge in [0.15, 0.2) is 5.13 Å². The Hall–Kier alpha value is -2.74. The number of anilines is 1. The molecule has 6 nitrogen and oxygen atoms in total. The van der Waals surface area contributed by atoms with E-state index in [0.29, 0.717) is 27.8 Å². The lowest BCUT2D eigenvalue weighted by molar-refractivity contribution is 0.0988. The van der Waals surface area contributed by atoms with Crippen LogP contribution in [0.3, 0.4) is 0 Å². The largest absolute Gasteiger partial charge is 0.496 e. The van der Waals surface area contributed by atoms with Gasteiger partial charge in [-0.2, -0.15) is 0 Å². The highest BCUT2D eigenvalue weighted by Crippen LogP contribution is 2.32. The standard InChI is InChI=1S/C15H12FN3O3S/c1-8-5-13(22-19-8)14(20)18-15-17-11(7-23-15)10-6-9(16)3-4-12(10)21-2/h3-7H,1-2H3,(H,17,18,20). The Morgan fingerprint density at radius 2 is 2.22 bits per heavy atom. The van der Waals surface area contributed by atoms with Gasteiger partial charge in [0, 0.05) is 17.0 Å². The predicted octanol–water partition coefficient (Wildman–Crippen LogP) is 3.51. The van der Waals surface area contributed by atoms with Crippen molar-refractivity contribution in [3.8, 4) is 17.0 Å². The van der Waals surface area contributed by atoms with Crippen molar-refractivity contribution in [2.24, 2.45) is 0 Å². The third-order valence-corrected chi connectivity index (χ3v) is 3.77. The Morgan fingerprint density at radius 1 is 1.39 bits per heavy atom. The smallest absolute Gasteiger partial charge is 0.296 e. The average Bonchev–Trinajstić information content (AvgIpc) is 3.16. The number of ether oxygens (including phenoxy) is 1. The van der Waals surface area contributed by atoms with Gasteiger partial charge in [0.1, 0.15) is 11.6 Å². The van der Waals surface area contributed by atoms with Gasteiger partial charge in [0.05, 0.1) is 18.5 Å². The van der Waals surface area contributed by atoms with Crippen molar-refractivity contribution in [3.05, 3.63) is 46.9 Å². The summed E-state index contributed by atoms with van der Waals surface area (Å²) in [5.41, 5.74) is 1.63. The van der Waals surface area contributed by atoms with Crippen molar-refractivity contribution >= 4 is 22.4 Å². The molecule has 2 aromatic heterocycles. The predicted molar refractivity (Wildman–Crippen MR) is 83.3 cm³/mol.